The van der Waals surface area contributed by atoms with Gasteiger partial charge < -0.3 is 14.2 Å². The molecule has 0 saturated carbocycles. The van der Waals surface area contributed by atoms with Crippen LogP contribution in [0.25, 0.3) is 0 Å². The molecule has 75 heavy (non-hydrogen) atoms. The lowest BCUT2D eigenvalue weighted by Crippen LogP contribution is -2.30. The molecular weight excluding hydrogens is 925 g/mol. The summed E-state index contributed by atoms with van der Waals surface area (Å²) in [7, 11) is 0. The summed E-state index contributed by atoms with van der Waals surface area (Å²) in [5, 5.41) is 0. The summed E-state index contributed by atoms with van der Waals surface area (Å²) in [6.45, 7) is 6.34. The molecule has 0 rings (SSSR count). The van der Waals surface area contributed by atoms with Crippen LogP contribution in [0.1, 0.15) is 290 Å². The molecule has 0 aliphatic heterocycles. The Bertz CT molecular complexity index is 1520. The third-order valence-corrected chi connectivity index (χ3v) is 13.3. The Kier molecular flexibility index (Phi) is 59.3. The van der Waals surface area contributed by atoms with E-state index in [1.807, 2.05) is 0 Å². The molecule has 0 amide bonds. The fourth-order valence-electron chi connectivity index (χ4n) is 8.64. The minimum atomic E-state index is -0.778. The van der Waals surface area contributed by atoms with Gasteiger partial charge in [0.1, 0.15) is 13.2 Å². The van der Waals surface area contributed by atoms with E-state index in [4.69, 9.17) is 14.2 Å². The van der Waals surface area contributed by atoms with Crippen LogP contribution >= 0.6 is 0 Å². The van der Waals surface area contributed by atoms with Crippen molar-refractivity contribution in [2.45, 2.75) is 297 Å². The monoisotopic (exact) mass is 1040 g/mol. The zero-order valence-electron chi connectivity index (χ0n) is 49.0. The second kappa shape index (κ2) is 62.6. The van der Waals surface area contributed by atoms with Gasteiger partial charge in [-0.05, 0) is 103 Å². The minimum Gasteiger partial charge on any atom is -0.462 e. The van der Waals surface area contributed by atoms with E-state index in [0.717, 1.165) is 122 Å². The molecule has 0 aliphatic rings. The summed E-state index contributed by atoms with van der Waals surface area (Å²) < 4.78 is 16.8. The van der Waals surface area contributed by atoms with Crippen molar-refractivity contribution in [1.82, 2.24) is 0 Å². The smallest absolute Gasteiger partial charge is 0.306 e. The molecule has 0 aromatic heterocycles. The molecule has 6 nitrogen and oxygen atoms in total. The van der Waals surface area contributed by atoms with Gasteiger partial charge in [-0.15, -0.1) is 0 Å². The van der Waals surface area contributed by atoms with Crippen molar-refractivity contribution in [3.05, 3.63) is 109 Å². The van der Waals surface area contributed by atoms with E-state index in [1.54, 1.807) is 0 Å². The highest BCUT2D eigenvalue weighted by molar-refractivity contribution is 5.71. The molecule has 0 aromatic carbocycles. The van der Waals surface area contributed by atoms with Crippen molar-refractivity contribution < 1.29 is 28.6 Å². The van der Waals surface area contributed by atoms with Crippen LogP contribution in [0.3, 0.4) is 0 Å². The Morgan fingerprint density at radius 2 is 0.520 bits per heavy atom. The molecule has 0 heterocycles. The largest absolute Gasteiger partial charge is 0.462 e. The van der Waals surface area contributed by atoms with E-state index < -0.39 is 6.10 Å². The van der Waals surface area contributed by atoms with E-state index in [-0.39, 0.29) is 31.1 Å². The van der Waals surface area contributed by atoms with Crippen LogP contribution in [0.2, 0.25) is 0 Å². The maximum Gasteiger partial charge on any atom is 0.306 e. The molecule has 0 aliphatic carbocycles. The Balaban J connectivity index is 4.06. The number of esters is 3. The summed E-state index contributed by atoms with van der Waals surface area (Å²) >= 11 is 0. The lowest BCUT2D eigenvalue weighted by molar-refractivity contribution is -0.167. The second-order valence-corrected chi connectivity index (χ2v) is 20.6. The third-order valence-electron chi connectivity index (χ3n) is 13.3. The Morgan fingerprint density at radius 1 is 0.280 bits per heavy atom. The first-order chi connectivity index (χ1) is 37.0. The number of hydrogen-bond donors (Lipinski definition) is 0. The molecule has 0 saturated heterocycles. The molecule has 0 aromatic rings. The van der Waals surface area contributed by atoms with Crippen LogP contribution in [-0.4, -0.2) is 37.2 Å². The van der Waals surface area contributed by atoms with Crippen LogP contribution in [0.15, 0.2) is 109 Å². The lowest BCUT2D eigenvalue weighted by Gasteiger charge is -2.18. The quantitative estimate of drug-likeness (QED) is 0.0261. The predicted octanol–water partition coefficient (Wildman–Crippen LogP) is 21.4. The standard InChI is InChI=1S/C69H116O6/c1-4-7-10-13-15-17-19-21-23-25-27-29-31-33-34-36-37-39-41-43-45-47-49-51-53-56-59-62-68(71)74-65-66(64-73-67(70)61-58-55-12-9-6-3)75-69(72)63-60-57-54-52-50-48-46-44-42-40-38-35-32-30-28-26-24-22-20-18-16-14-11-8-5-2/h7-8,10-11,15-18,21-24,27-30,33-34,66H,4-6,9,12-14,19-20,25-26,31-32,35-65H2,1-3H3/b10-7-,11-8-,17-15-,18-16-,23-21-,24-22-,29-27-,30-28-,34-33-. The number of hydrogen-bond acceptors (Lipinski definition) is 6. The van der Waals surface area contributed by atoms with Crippen molar-refractivity contribution in [3.8, 4) is 0 Å². The van der Waals surface area contributed by atoms with Crippen molar-refractivity contribution in [3.63, 3.8) is 0 Å². The van der Waals surface area contributed by atoms with E-state index in [2.05, 4.69) is 130 Å². The van der Waals surface area contributed by atoms with Gasteiger partial charge in [0.05, 0.1) is 0 Å². The van der Waals surface area contributed by atoms with Crippen LogP contribution in [0.5, 0.6) is 0 Å². The highest BCUT2D eigenvalue weighted by Crippen LogP contribution is 2.16. The van der Waals surface area contributed by atoms with Gasteiger partial charge in [-0.3, -0.25) is 14.4 Å². The molecular formula is C69H116O6. The average Bonchev–Trinajstić information content (AvgIpc) is 3.41. The average molecular weight is 1040 g/mol. The molecule has 0 fully saturated rings. The second-order valence-electron chi connectivity index (χ2n) is 20.6. The normalized spacial score (nSPS) is 12.8. The molecule has 1 unspecified atom stereocenters. The first-order valence-electron chi connectivity index (χ1n) is 31.4. The zero-order chi connectivity index (χ0) is 54.3. The molecule has 0 bridgehead atoms. The Labute approximate surface area is 463 Å². The molecule has 1 atom stereocenters. The van der Waals surface area contributed by atoms with E-state index in [9.17, 15) is 14.4 Å². The lowest BCUT2D eigenvalue weighted by atomic mass is 10.0. The van der Waals surface area contributed by atoms with Crippen LogP contribution < -0.4 is 0 Å². The van der Waals surface area contributed by atoms with Gasteiger partial charge >= 0.3 is 17.9 Å². The maximum absolute atomic E-state index is 12.8. The topological polar surface area (TPSA) is 78.9 Å². The van der Waals surface area contributed by atoms with Gasteiger partial charge in [-0.2, -0.15) is 0 Å². The summed E-state index contributed by atoms with van der Waals surface area (Å²) in [6.07, 6.45) is 85.7. The molecule has 0 spiro atoms. The fraction of sp³-hybridized carbons (Fsp3) is 0.696. The molecule has 428 valence electrons. The summed E-state index contributed by atoms with van der Waals surface area (Å²) in [4.78, 5) is 37.9. The molecule has 0 N–H and O–H groups in total. The van der Waals surface area contributed by atoms with E-state index in [0.29, 0.717) is 19.3 Å². The molecule has 6 heteroatoms. The number of unbranched alkanes of at least 4 members (excludes halogenated alkanes) is 27. The number of ether oxygens (including phenoxy) is 3. The van der Waals surface area contributed by atoms with Gasteiger partial charge in [0, 0.05) is 19.3 Å². The van der Waals surface area contributed by atoms with Gasteiger partial charge in [0.25, 0.3) is 0 Å². The van der Waals surface area contributed by atoms with Crippen LogP contribution in [0.4, 0.5) is 0 Å². The summed E-state index contributed by atoms with van der Waals surface area (Å²) in [5.74, 6) is -0.893. The Morgan fingerprint density at radius 3 is 0.813 bits per heavy atom. The van der Waals surface area contributed by atoms with Gasteiger partial charge in [0.2, 0.25) is 0 Å². The number of carbonyl (C=O) groups is 3. The fourth-order valence-corrected chi connectivity index (χ4v) is 8.64. The maximum atomic E-state index is 12.8. The highest BCUT2D eigenvalue weighted by atomic mass is 16.6. The number of allylic oxidation sites excluding steroid dienone is 18. The predicted molar refractivity (Wildman–Crippen MR) is 325 cm³/mol. The van der Waals surface area contributed by atoms with Crippen LogP contribution in [0, 0.1) is 0 Å². The van der Waals surface area contributed by atoms with Crippen LogP contribution in [-0.2, 0) is 28.6 Å². The number of rotatable bonds is 56. The summed E-state index contributed by atoms with van der Waals surface area (Å²) in [5.41, 5.74) is 0. The minimum absolute atomic E-state index is 0.0794. The van der Waals surface area contributed by atoms with Crippen molar-refractivity contribution >= 4 is 17.9 Å². The SMILES string of the molecule is CC/C=C\C/C=C\C/C=C\C/C=C\C/C=C\CCCCCCCCCCCCCC(=O)OCC(COC(=O)CCCCCCC)OC(=O)CCCCCCCCCCCCCC/C=C\C/C=C\C/C=C\C/C=C\CC. The van der Waals surface area contributed by atoms with E-state index >= 15 is 0 Å². The molecule has 0 radical (unpaired) electrons. The van der Waals surface area contributed by atoms with Crippen molar-refractivity contribution in [2.75, 3.05) is 13.2 Å². The van der Waals surface area contributed by atoms with Gasteiger partial charge in [-0.1, -0.05) is 278 Å². The van der Waals surface area contributed by atoms with Crippen molar-refractivity contribution in [1.29, 1.82) is 0 Å². The van der Waals surface area contributed by atoms with Crippen molar-refractivity contribution in [2.24, 2.45) is 0 Å². The first-order valence-corrected chi connectivity index (χ1v) is 31.4. The van der Waals surface area contributed by atoms with E-state index in [1.165, 1.54) is 128 Å². The Hall–Kier alpha value is -3.93. The third kappa shape index (κ3) is 60.8. The first kappa shape index (κ1) is 71.1. The van der Waals surface area contributed by atoms with Gasteiger partial charge in [-0.25, -0.2) is 0 Å². The van der Waals surface area contributed by atoms with Gasteiger partial charge in [0.15, 0.2) is 6.10 Å². The highest BCUT2D eigenvalue weighted by Gasteiger charge is 2.19. The number of carbonyl (C=O) groups excluding carboxylic acids is 3. The summed E-state index contributed by atoms with van der Waals surface area (Å²) in [6, 6.07) is 0. The zero-order valence-corrected chi connectivity index (χ0v) is 49.0.